The van der Waals surface area contributed by atoms with Crippen molar-refractivity contribution in [2.75, 3.05) is 37.9 Å². The summed E-state index contributed by atoms with van der Waals surface area (Å²) in [6.45, 7) is 1.29. The van der Waals surface area contributed by atoms with E-state index in [0.29, 0.717) is 0 Å². The first-order valence-electron chi connectivity index (χ1n) is 12.3. The molecule has 40 heavy (non-hydrogen) atoms. The molecule has 1 unspecified atom stereocenters. The van der Waals surface area contributed by atoms with Gasteiger partial charge in [0, 0.05) is 7.05 Å². The van der Waals surface area contributed by atoms with Crippen molar-refractivity contribution in [2.45, 2.75) is 44.0 Å². The summed E-state index contributed by atoms with van der Waals surface area (Å²) in [5.41, 5.74) is 3.35. The molecule has 15 nitrogen and oxygen atoms in total. The molecular weight excluding hydrogens is 552 g/mol. The Kier molecular flexibility index (Phi) is 8.87. The summed E-state index contributed by atoms with van der Waals surface area (Å²) >= 11 is 0. The number of benzene rings is 1. The number of aliphatic hydroxyl groups excluding tert-OH is 2. The third-order valence-corrected chi connectivity index (χ3v) is 7.74. The Labute approximate surface area is 228 Å². The van der Waals surface area contributed by atoms with Crippen molar-refractivity contribution in [3.63, 3.8) is 0 Å². The van der Waals surface area contributed by atoms with Crippen molar-refractivity contribution in [2.24, 2.45) is 0 Å². The number of para-hydroxylation sites is 1. The number of hydrogen-bond donors (Lipinski definition) is 5. The van der Waals surface area contributed by atoms with E-state index in [2.05, 4.69) is 25.4 Å². The summed E-state index contributed by atoms with van der Waals surface area (Å²) in [6, 6.07) is 6.89. The van der Waals surface area contributed by atoms with Gasteiger partial charge in [0.15, 0.2) is 23.2 Å². The van der Waals surface area contributed by atoms with Crippen LogP contribution in [0.4, 0.5) is 16.2 Å². The van der Waals surface area contributed by atoms with E-state index in [4.69, 9.17) is 24.3 Å². The van der Waals surface area contributed by atoms with Crippen LogP contribution in [-0.4, -0.2) is 86.5 Å². The SMILES string of the molecule is CCOC(=O)[C@H](C)NP(=O)(OC[C@H]1O[C@@H](n2cnc3c(NC)nc(N)nc32)[C@@](F)(CO)[C@@H]1O)Oc1ccccc1. The number of aromatic nitrogens is 4. The first-order chi connectivity index (χ1) is 19.0. The number of carbonyl (C=O) groups excluding carboxylic acids is 1. The molecule has 0 radical (unpaired) electrons. The second-order valence-electron chi connectivity index (χ2n) is 8.86. The Morgan fingerprint density at radius 1 is 1.35 bits per heavy atom. The van der Waals surface area contributed by atoms with Crippen LogP contribution >= 0.6 is 7.75 Å². The van der Waals surface area contributed by atoms with E-state index < -0.39 is 57.1 Å². The molecule has 6 atom stereocenters. The Balaban J connectivity index is 1.59. The molecule has 1 aliphatic rings. The molecular formula is C23H31FN7O8P. The lowest BCUT2D eigenvalue weighted by Gasteiger charge is -2.27. The molecule has 0 amide bonds. The van der Waals surface area contributed by atoms with E-state index in [1.165, 1.54) is 25.4 Å². The summed E-state index contributed by atoms with van der Waals surface area (Å²) in [5, 5.41) is 26.1. The van der Waals surface area contributed by atoms with Crippen LogP contribution in [0.1, 0.15) is 20.1 Å². The van der Waals surface area contributed by atoms with Gasteiger partial charge in [-0.15, -0.1) is 0 Å². The van der Waals surface area contributed by atoms with E-state index >= 15 is 4.39 Å². The zero-order valence-corrected chi connectivity index (χ0v) is 22.8. The largest absolute Gasteiger partial charge is 0.465 e. The number of halogens is 1. The van der Waals surface area contributed by atoms with Crippen LogP contribution in [0.25, 0.3) is 11.2 Å². The summed E-state index contributed by atoms with van der Waals surface area (Å²) in [5.74, 6) is -0.421. The number of fused-ring (bicyclic) bond motifs is 1. The monoisotopic (exact) mass is 583 g/mol. The number of hydrogen-bond acceptors (Lipinski definition) is 13. The van der Waals surface area contributed by atoms with Crippen molar-refractivity contribution in [1.82, 2.24) is 24.6 Å². The summed E-state index contributed by atoms with van der Waals surface area (Å²) < 4.78 is 52.8. The maximum Gasteiger partial charge on any atom is 0.459 e. The minimum absolute atomic E-state index is 0.0779. The fraction of sp³-hybridized carbons (Fsp3) is 0.478. The lowest BCUT2D eigenvalue weighted by atomic mass is 9.97. The lowest BCUT2D eigenvalue weighted by Crippen LogP contribution is -2.46. The molecule has 1 saturated heterocycles. The highest BCUT2D eigenvalue weighted by atomic mass is 31.2. The number of alkyl halides is 1. The summed E-state index contributed by atoms with van der Waals surface area (Å²) in [6.07, 6.45) is -3.83. The summed E-state index contributed by atoms with van der Waals surface area (Å²) in [4.78, 5) is 24.5. The van der Waals surface area contributed by atoms with Gasteiger partial charge >= 0.3 is 13.7 Å². The average Bonchev–Trinajstić information content (AvgIpc) is 3.46. The minimum atomic E-state index is -4.33. The molecule has 0 spiro atoms. The van der Waals surface area contributed by atoms with Gasteiger partial charge in [0.25, 0.3) is 0 Å². The van der Waals surface area contributed by atoms with Crippen molar-refractivity contribution < 1.29 is 42.5 Å². The van der Waals surface area contributed by atoms with Crippen molar-refractivity contribution >= 4 is 36.6 Å². The van der Waals surface area contributed by atoms with Crippen LogP contribution in [0.3, 0.4) is 0 Å². The first kappa shape index (κ1) is 29.6. The van der Waals surface area contributed by atoms with E-state index in [9.17, 15) is 19.6 Å². The molecule has 17 heteroatoms. The van der Waals surface area contributed by atoms with Gasteiger partial charge < -0.3 is 35.3 Å². The smallest absolute Gasteiger partial charge is 0.459 e. The first-order valence-corrected chi connectivity index (χ1v) is 13.8. The average molecular weight is 584 g/mol. The van der Waals surface area contributed by atoms with Crippen LogP contribution in [0.15, 0.2) is 36.7 Å². The van der Waals surface area contributed by atoms with E-state index in [0.717, 1.165) is 4.57 Å². The number of aliphatic hydroxyl groups is 2. The quantitative estimate of drug-likeness (QED) is 0.150. The molecule has 1 aromatic carbocycles. The van der Waals surface area contributed by atoms with Gasteiger partial charge in [0.1, 0.15) is 24.0 Å². The van der Waals surface area contributed by atoms with Gasteiger partial charge in [0.2, 0.25) is 11.6 Å². The van der Waals surface area contributed by atoms with Crippen LogP contribution < -0.4 is 20.7 Å². The van der Waals surface area contributed by atoms with Crippen LogP contribution in [0, 0.1) is 0 Å². The number of anilines is 2. The number of nitrogens with zero attached hydrogens (tertiary/aromatic N) is 4. The van der Waals surface area contributed by atoms with Gasteiger partial charge in [-0.2, -0.15) is 15.1 Å². The van der Waals surface area contributed by atoms with E-state index in [-0.39, 0.29) is 35.3 Å². The normalized spacial score (nSPS) is 24.9. The van der Waals surface area contributed by atoms with Crippen molar-refractivity contribution in [3.05, 3.63) is 36.7 Å². The van der Waals surface area contributed by atoms with Crippen molar-refractivity contribution in [3.8, 4) is 5.75 Å². The zero-order chi connectivity index (χ0) is 29.1. The Bertz CT molecular complexity index is 1380. The molecule has 0 aliphatic carbocycles. The number of nitrogens with two attached hydrogens (primary N) is 1. The number of imidazole rings is 1. The summed E-state index contributed by atoms with van der Waals surface area (Å²) in [7, 11) is -2.75. The predicted molar refractivity (Wildman–Crippen MR) is 140 cm³/mol. The predicted octanol–water partition coefficient (Wildman–Crippen LogP) is 1.15. The minimum Gasteiger partial charge on any atom is -0.465 e. The number of nitrogen functional groups attached to an aromatic ring is 1. The Morgan fingerprint density at radius 2 is 2.08 bits per heavy atom. The highest BCUT2D eigenvalue weighted by molar-refractivity contribution is 7.52. The number of nitrogens with one attached hydrogen (secondary N) is 2. The standard InChI is InChI=1S/C23H31FN7O8P/c1-4-36-20(34)13(2)30-40(35,39-14-8-6-5-7-9-14)37-10-15-17(33)23(24,11-32)21(38-15)31-12-27-16-18(26-3)28-22(25)29-19(16)31/h5-9,12-13,15,17,21,32-33H,4,10-11H2,1-3H3,(H,30,35)(H3,25,26,28,29)/t13-,15+,17+,21+,23+,40?/m0/s1. The third-order valence-electron chi connectivity index (χ3n) is 6.10. The Hall–Kier alpha value is -3.40. The molecule has 6 N–H and O–H groups in total. The number of ether oxygens (including phenoxy) is 2. The Morgan fingerprint density at radius 3 is 2.73 bits per heavy atom. The third kappa shape index (κ3) is 5.87. The number of esters is 1. The second kappa shape index (κ2) is 12.0. The molecule has 3 heterocycles. The zero-order valence-electron chi connectivity index (χ0n) is 21.9. The fourth-order valence-corrected chi connectivity index (χ4v) is 5.63. The molecule has 1 aliphatic heterocycles. The molecule has 0 bridgehead atoms. The molecule has 2 aromatic heterocycles. The van der Waals surface area contributed by atoms with Crippen LogP contribution in [0.5, 0.6) is 5.75 Å². The maximum absolute atomic E-state index is 16.1. The highest BCUT2D eigenvalue weighted by Crippen LogP contribution is 2.48. The van der Waals surface area contributed by atoms with Gasteiger partial charge in [-0.1, -0.05) is 18.2 Å². The highest BCUT2D eigenvalue weighted by Gasteiger charge is 2.59. The molecule has 3 aromatic rings. The lowest BCUT2D eigenvalue weighted by molar-refractivity contribution is -0.144. The molecule has 1 fully saturated rings. The number of carbonyl (C=O) groups is 1. The second-order valence-corrected chi connectivity index (χ2v) is 10.6. The number of rotatable bonds is 12. The van der Waals surface area contributed by atoms with Crippen LogP contribution in [0.2, 0.25) is 0 Å². The topological polar surface area (TPSA) is 205 Å². The van der Waals surface area contributed by atoms with Gasteiger partial charge in [-0.25, -0.2) is 13.9 Å². The fourth-order valence-electron chi connectivity index (χ4n) is 4.13. The molecule has 218 valence electrons. The molecule has 0 saturated carbocycles. The van der Waals surface area contributed by atoms with Gasteiger partial charge in [-0.3, -0.25) is 13.9 Å². The van der Waals surface area contributed by atoms with Crippen molar-refractivity contribution in [1.29, 1.82) is 0 Å². The molecule has 4 rings (SSSR count). The maximum atomic E-state index is 16.1. The van der Waals surface area contributed by atoms with E-state index in [1.807, 2.05) is 0 Å². The van der Waals surface area contributed by atoms with Gasteiger partial charge in [0.05, 0.1) is 26.1 Å². The van der Waals surface area contributed by atoms with E-state index in [1.54, 1.807) is 32.2 Å². The van der Waals surface area contributed by atoms with Crippen LogP contribution in [-0.2, 0) is 23.4 Å². The van der Waals surface area contributed by atoms with Gasteiger partial charge in [-0.05, 0) is 26.0 Å².